The molecule has 0 amide bonds. The minimum Gasteiger partial charge on any atom is -0.381 e. The van der Waals surface area contributed by atoms with Gasteiger partial charge in [0.25, 0.3) is 5.56 Å². The number of ether oxygens (including phenoxy) is 1. The van der Waals surface area contributed by atoms with Gasteiger partial charge in [-0.3, -0.25) is 4.79 Å². The topological polar surface area (TPSA) is 56.2 Å². The minimum atomic E-state index is -0.237. The van der Waals surface area contributed by atoms with E-state index in [0.717, 1.165) is 32.6 Å². The summed E-state index contributed by atoms with van der Waals surface area (Å²) in [6.07, 6.45) is 5.45. The number of nitrogens with zero attached hydrogens (tertiary/aromatic N) is 2. The maximum Gasteiger partial charge on any atom is 0.293 e. The average Bonchev–Trinajstić information content (AvgIpc) is 2.37. The Bertz CT molecular complexity index is 511. The zero-order valence-corrected chi connectivity index (χ0v) is 12.9. The van der Waals surface area contributed by atoms with Crippen molar-refractivity contribution in [3.05, 3.63) is 22.7 Å². The van der Waals surface area contributed by atoms with Crippen molar-refractivity contribution in [1.29, 1.82) is 0 Å². The summed E-state index contributed by atoms with van der Waals surface area (Å²) < 4.78 is 7.11. The molecule has 1 aromatic rings. The van der Waals surface area contributed by atoms with Gasteiger partial charge < -0.3 is 14.6 Å². The first-order valence-electron chi connectivity index (χ1n) is 7.22. The number of anilines is 1. The van der Waals surface area contributed by atoms with Crippen molar-refractivity contribution in [1.82, 2.24) is 9.55 Å². The van der Waals surface area contributed by atoms with Crippen LogP contribution in [-0.2, 0) is 10.3 Å². The van der Waals surface area contributed by atoms with Crippen molar-refractivity contribution in [2.24, 2.45) is 5.41 Å². The van der Waals surface area contributed by atoms with E-state index in [9.17, 15) is 4.79 Å². The van der Waals surface area contributed by atoms with E-state index in [1.54, 1.807) is 17.0 Å². The molecule has 0 unspecified atom stereocenters. The van der Waals surface area contributed by atoms with E-state index in [-0.39, 0.29) is 16.5 Å². The molecule has 0 saturated carbocycles. The standard InChI is InChI=1S/C15H25N3O2/c1-14(2,3)18-8-7-16-12(13(18)19)17-11-15(4)5-9-20-10-6-15/h7-8H,5-6,9-11H2,1-4H3,(H,16,17). The van der Waals surface area contributed by atoms with Crippen LogP contribution < -0.4 is 10.9 Å². The molecule has 5 heteroatoms. The summed E-state index contributed by atoms with van der Waals surface area (Å²) in [7, 11) is 0. The van der Waals surface area contributed by atoms with Gasteiger partial charge in [-0.05, 0) is 39.0 Å². The molecule has 0 spiro atoms. The molecule has 0 aliphatic carbocycles. The number of aromatic nitrogens is 2. The Labute approximate surface area is 120 Å². The van der Waals surface area contributed by atoms with Gasteiger partial charge in [-0.1, -0.05) is 6.92 Å². The second-order valence-corrected chi connectivity index (χ2v) is 6.90. The molecule has 20 heavy (non-hydrogen) atoms. The molecule has 5 nitrogen and oxygen atoms in total. The van der Waals surface area contributed by atoms with Crippen molar-refractivity contribution in [2.75, 3.05) is 25.1 Å². The number of rotatable bonds is 3. The Morgan fingerprint density at radius 1 is 1.40 bits per heavy atom. The van der Waals surface area contributed by atoms with E-state index < -0.39 is 0 Å². The predicted molar refractivity (Wildman–Crippen MR) is 80.1 cm³/mol. The molecule has 1 N–H and O–H groups in total. The molecular weight excluding hydrogens is 254 g/mol. The Balaban J connectivity index is 2.12. The summed E-state index contributed by atoms with van der Waals surface area (Å²) in [4.78, 5) is 16.6. The van der Waals surface area contributed by atoms with Crippen LogP contribution >= 0.6 is 0 Å². The number of hydrogen-bond acceptors (Lipinski definition) is 4. The van der Waals surface area contributed by atoms with Crippen LogP contribution in [0, 0.1) is 5.41 Å². The van der Waals surface area contributed by atoms with Crippen LogP contribution in [0.2, 0.25) is 0 Å². The second-order valence-electron chi connectivity index (χ2n) is 6.90. The highest BCUT2D eigenvalue weighted by molar-refractivity contribution is 5.31. The molecular formula is C15H25N3O2. The zero-order valence-electron chi connectivity index (χ0n) is 12.9. The Hall–Kier alpha value is -1.36. The Morgan fingerprint density at radius 2 is 2.05 bits per heavy atom. The maximum atomic E-state index is 12.4. The van der Waals surface area contributed by atoms with Gasteiger partial charge in [0.05, 0.1) is 0 Å². The van der Waals surface area contributed by atoms with Gasteiger partial charge in [-0.2, -0.15) is 0 Å². The predicted octanol–water partition coefficient (Wildman–Crippen LogP) is 2.23. The third kappa shape index (κ3) is 3.39. The Morgan fingerprint density at radius 3 is 2.65 bits per heavy atom. The average molecular weight is 279 g/mol. The molecule has 112 valence electrons. The van der Waals surface area contributed by atoms with Gasteiger partial charge >= 0.3 is 0 Å². The third-order valence-corrected chi connectivity index (χ3v) is 3.95. The van der Waals surface area contributed by atoms with Crippen molar-refractivity contribution in [3.8, 4) is 0 Å². The van der Waals surface area contributed by atoms with Gasteiger partial charge in [0.2, 0.25) is 0 Å². The van der Waals surface area contributed by atoms with Crippen LogP contribution in [0.1, 0.15) is 40.5 Å². The van der Waals surface area contributed by atoms with Gasteiger partial charge in [-0.25, -0.2) is 4.98 Å². The fourth-order valence-electron chi connectivity index (χ4n) is 2.40. The first kappa shape index (κ1) is 15.0. The van der Waals surface area contributed by atoms with Crippen LogP contribution in [0.5, 0.6) is 0 Å². The highest BCUT2D eigenvalue weighted by Crippen LogP contribution is 2.29. The van der Waals surface area contributed by atoms with E-state index in [1.165, 1.54) is 0 Å². The normalized spacial score (nSPS) is 18.8. The summed E-state index contributed by atoms with van der Waals surface area (Å²) in [6.45, 7) is 10.6. The molecule has 1 aliphatic rings. The van der Waals surface area contributed by atoms with Crippen LogP contribution in [0.4, 0.5) is 5.82 Å². The lowest BCUT2D eigenvalue weighted by Gasteiger charge is -2.33. The molecule has 0 aromatic carbocycles. The molecule has 2 rings (SSSR count). The maximum absolute atomic E-state index is 12.4. The van der Waals surface area contributed by atoms with Gasteiger partial charge in [0, 0.05) is 37.7 Å². The highest BCUT2D eigenvalue weighted by atomic mass is 16.5. The smallest absolute Gasteiger partial charge is 0.293 e. The lowest BCUT2D eigenvalue weighted by Crippen LogP contribution is -2.38. The van der Waals surface area contributed by atoms with E-state index in [0.29, 0.717) is 5.82 Å². The zero-order chi connectivity index (χ0) is 14.8. The quantitative estimate of drug-likeness (QED) is 0.922. The fraction of sp³-hybridized carbons (Fsp3) is 0.733. The Kier molecular flexibility index (Phi) is 4.18. The third-order valence-electron chi connectivity index (χ3n) is 3.95. The molecule has 0 radical (unpaired) electrons. The lowest BCUT2D eigenvalue weighted by atomic mass is 9.82. The molecule has 1 saturated heterocycles. The molecule has 0 bridgehead atoms. The fourth-order valence-corrected chi connectivity index (χ4v) is 2.40. The monoisotopic (exact) mass is 279 g/mol. The van der Waals surface area contributed by atoms with Crippen molar-refractivity contribution >= 4 is 5.82 Å². The summed E-state index contributed by atoms with van der Waals surface area (Å²) >= 11 is 0. The first-order chi connectivity index (χ1) is 9.32. The lowest BCUT2D eigenvalue weighted by molar-refractivity contribution is 0.0299. The van der Waals surface area contributed by atoms with Crippen molar-refractivity contribution in [3.63, 3.8) is 0 Å². The largest absolute Gasteiger partial charge is 0.381 e. The van der Waals surface area contributed by atoms with Crippen molar-refractivity contribution < 1.29 is 4.74 Å². The van der Waals surface area contributed by atoms with Crippen molar-refractivity contribution in [2.45, 2.75) is 46.1 Å². The second kappa shape index (κ2) is 5.56. The molecule has 1 aromatic heterocycles. The van der Waals surface area contributed by atoms with Crippen LogP contribution in [-0.4, -0.2) is 29.3 Å². The summed E-state index contributed by atoms with van der Waals surface area (Å²) in [5.74, 6) is 0.440. The van der Waals surface area contributed by atoms with E-state index >= 15 is 0 Å². The van der Waals surface area contributed by atoms with E-state index in [2.05, 4.69) is 17.2 Å². The molecule has 0 atom stereocenters. The van der Waals surface area contributed by atoms with E-state index in [1.807, 2.05) is 20.8 Å². The van der Waals surface area contributed by atoms with E-state index in [4.69, 9.17) is 4.74 Å². The SMILES string of the molecule is CC1(CNc2nccn(C(C)(C)C)c2=O)CCOCC1. The molecule has 2 heterocycles. The van der Waals surface area contributed by atoms with Gasteiger partial charge in [0.1, 0.15) is 0 Å². The van der Waals surface area contributed by atoms with Gasteiger partial charge in [0.15, 0.2) is 5.82 Å². The summed E-state index contributed by atoms with van der Waals surface area (Å²) in [6, 6.07) is 0. The summed E-state index contributed by atoms with van der Waals surface area (Å²) in [5, 5.41) is 3.24. The van der Waals surface area contributed by atoms with Crippen LogP contribution in [0.3, 0.4) is 0 Å². The van der Waals surface area contributed by atoms with Crippen LogP contribution in [0.15, 0.2) is 17.2 Å². The summed E-state index contributed by atoms with van der Waals surface area (Å²) in [5.41, 5.74) is -0.121. The minimum absolute atomic E-state index is 0.0596. The molecule has 1 aliphatic heterocycles. The number of hydrogen-bond donors (Lipinski definition) is 1. The highest BCUT2D eigenvalue weighted by Gasteiger charge is 2.27. The number of nitrogens with one attached hydrogen (secondary N) is 1. The van der Waals surface area contributed by atoms with Crippen LogP contribution in [0.25, 0.3) is 0 Å². The van der Waals surface area contributed by atoms with Gasteiger partial charge in [-0.15, -0.1) is 0 Å². The molecule has 1 fully saturated rings. The first-order valence-corrected chi connectivity index (χ1v) is 7.22.